The first-order valence-corrected chi connectivity index (χ1v) is 6.27. The molecule has 5 heteroatoms. The van der Waals surface area contributed by atoms with Crippen LogP contribution in [0.25, 0.3) is 0 Å². The molecule has 108 valence electrons. The van der Waals surface area contributed by atoms with Crippen LogP contribution in [0.15, 0.2) is 12.1 Å². The summed E-state index contributed by atoms with van der Waals surface area (Å²) in [5, 5.41) is 13.3. The molecular weight excluding hydrogens is 252 g/mol. The fourth-order valence-corrected chi connectivity index (χ4v) is 1.83. The number of ether oxygens (including phenoxy) is 1. The predicted molar refractivity (Wildman–Crippen MR) is 70.0 cm³/mol. The lowest BCUT2D eigenvalue weighted by atomic mass is 9.91. The highest BCUT2D eigenvalue weighted by atomic mass is 19.2. The molecule has 3 nitrogen and oxygen atoms in total. The number of hydrogen-bond acceptors (Lipinski definition) is 3. The van der Waals surface area contributed by atoms with Gasteiger partial charge in [0.25, 0.3) is 0 Å². The van der Waals surface area contributed by atoms with Crippen LogP contribution in [0.3, 0.4) is 0 Å². The monoisotopic (exact) mass is 273 g/mol. The number of benzene rings is 1. The number of aliphatic hydroxyl groups is 1. The quantitative estimate of drug-likeness (QED) is 0.748. The summed E-state index contributed by atoms with van der Waals surface area (Å²) in [6, 6.07) is 2.91. The summed E-state index contributed by atoms with van der Waals surface area (Å²) in [6.07, 6.45) is 0.288. The highest BCUT2D eigenvalue weighted by Gasteiger charge is 2.28. The minimum atomic E-state index is -1.40. The van der Waals surface area contributed by atoms with Crippen LogP contribution in [0.1, 0.15) is 24.5 Å². The van der Waals surface area contributed by atoms with Gasteiger partial charge in [0, 0.05) is 19.2 Å². The van der Waals surface area contributed by atoms with Gasteiger partial charge >= 0.3 is 0 Å². The number of hydrogen-bond donors (Lipinski definition) is 2. The Hall–Kier alpha value is -1.04. The first-order valence-electron chi connectivity index (χ1n) is 6.27. The lowest BCUT2D eigenvalue weighted by Gasteiger charge is -2.25. The van der Waals surface area contributed by atoms with E-state index in [1.54, 1.807) is 7.11 Å². The molecule has 2 N–H and O–H groups in total. The van der Waals surface area contributed by atoms with E-state index in [9.17, 15) is 13.9 Å². The Kier molecular flexibility index (Phi) is 5.85. The van der Waals surface area contributed by atoms with Gasteiger partial charge in [0.1, 0.15) is 0 Å². The summed E-state index contributed by atoms with van der Waals surface area (Å²) in [5.41, 5.74) is -1.18. The maximum Gasteiger partial charge on any atom is 0.165 e. The number of halogens is 2. The zero-order valence-corrected chi connectivity index (χ0v) is 11.6. The second-order valence-corrected chi connectivity index (χ2v) is 4.82. The summed E-state index contributed by atoms with van der Waals surface area (Å²) >= 11 is 0. The third-order valence-corrected chi connectivity index (χ3v) is 3.13. The van der Waals surface area contributed by atoms with Crippen LogP contribution in [0.2, 0.25) is 0 Å². The third-order valence-electron chi connectivity index (χ3n) is 3.13. The molecule has 0 fully saturated rings. The zero-order valence-electron chi connectivity index (χ0n) is 11.6. The van der Waals surface area contributed by atoms with E-state index < -0.39 is 17.2 Å². The SMILES string of the molecule is COCCNCCC(C)(O)c1ccc(C)c(F)c1F. The van der Waals surface area contributed by atoms with Crippen molar-refractivity contribution in [2.75, 3.05) is 26.8 Å². The molecule has 1 aromatic carbocycles. The van der Waals surface area contributed by atoms with E-state index in [4.69, 9.17) is 4.74 Å². The van der Waals surface area contributed by atoms with E-state index in [-0.39, 0.29) is 17.5 Å². The van der Waals surface area contributed by atoms with Crippen LogP contribution < -0.4 is 5.32 Å². The summed E-state index contributed by atoms with van der Waals surface area (Å²) in [7, 11) is 1.60. The number of rotatable bonds is 7. The van der Waals surface area contributed by atoms with Crippen molar-refractivity contribution < 1.29 is 18.6 Å². The Morgan fingerprint density at radius 3 is 2.58 bits per heavy atom. The molecule has 0 spiro atoms. The summed E-state index contributed by atoms with van der Waals surface area (Å²) < 4.78 is 32.2. The Bertz CT molecular complexity index is 422. The van der Waals surface area contributed by atoms with E-state index in [0.29, 0.717) is 19.7 Å². The van der Waals surface area contributed by atoms with Gasteiger partial charge < -0.3 is 15.2 Å². The fourth-order valence-electron chi connectivity index (χ4n) is 1.83. The molecule has 0 bridgehead atoms. The molecule has 0 saturated carbocycles. The Labute approximate surface area is 112 Å². The van der Waals surface area contributed by atoms with Crippen LogP contribution in [-0.4, -0.2) is 31.9 Å². The van der Waals surface area contributed by atoms with E-state index in [1.807, 2.05) is 0 Å². The van der Waals surface area contributed by atoms with Gasteiger partial charge in [-0.3, -0.25) is 0 Å². The molecule has 1 atom stereocenters. The fraction of sp³-hybridized carbons (Fsp3) is 0.571. The molecule has 0 aliphatic rings. The van der Waals surface area contributed by atoms with Gasteiger partial charge in [-0.05, 0) is 32.4 Å². The second-order valence-electron chi connectivity index (χ2n) is 4.82. The van der Waals surface area contributed by atoms with Crippen molar-refractivity contribution in [3.05, 3.63) is 34.9 Å². The van der Waals surface area contributed by atoms with E-state index in [2.05, 4.69) is 5.32 Å². The number of nitrogens with one attached hydrogen (secondary N) is 1. The van der Waals surface area contributed by atoms with Crippen molar-refractivity contribution in [1.82, 2.24) is 5.32 Å². The first kappa shape index (κ1) is 16.0. The molecule has 0 saturated heterocycles. The van der Waals surface area contributed by atoms with Crippen molar-refractivity contribution in [1.29, 1.82) is 0 Å². The number of aryl methyl sites for hydroxylation is 1. The molecule has 0 aliphatic carbocycles. The van der Waals surface area contributed by atoms with E-state index >= 15 is 0 Å². The van der Waals surface area contributed by atoms with E-state index in [0.717, 1.165) is 0 Å². The lowest BCUT2D eigenvalue weighted by molar-refractivity contribution is 0.0431. The van der Waals surface area contributed by atoms with Gasteiger partial charge in [-0.15, -0.1) is 0 Å². The third kappa shape index (κ3) is 4.23. The molecule has 1 aromatic rings. The first-order chi connectivity index (χ1) is 8.90. The minimum Gasteiger partial charge on any atom is -0.385 e. The summed E-state index contributed by atoms with van der Waals surface area (Å²) in [6.45, 7) is 4.68. The Morgan fingerprint density at radius 2 is 1.95 bits per heavy atom. The van der Waals surface area contributed by atoms with Crippen molar-refractivity contribution in [2.24, 2.45) is 0 Å². The molecule has 0 aromatic heterocycles. The largest absolute Gasteiger partial charge is 0.385 e. The molecule has 0 amide bonds. The van der Waals surface area contributed by atoms with Gasteiger partial charge in [-0.25, -0.2) is 8.78 Å². The molecule has 1 unspecified atom stereocenters. The maximum atomic E-state index is 13.8. The second kappa shape index (κ2) is 6.93. The molecule has 0 heterocycles. The van der Waals surface area contributed by atoms with Crippen LogP contribution in [-0.2, 0) is 10.3 Å². The van der Waals surface area contributed by atoms with Crippen molar-refractivity contribution >= 4 is 0 Å². The van der Waals surface area contributed by atoms with Crippen molar-refractivity contribution in [3.8, 4) is 0 Å². The van der Waals surface area contributed by atoms with Gasteiger partial charge in [0.2, 0.25) is 0 Å². The van der Waals surface area contributed by atoms with Crippen LogP contribution in [0, 0.1) is 18.6 Å². The number of methoxy groups -OCH3 is 1. The van der Waals surface area contributed by atoms with Crippen LogP contribution >= 0.6 is 0 Å². The smallest absolute Gasteiger partial charge is 0.165 e. The molecule has 1 rings (SSSR count). The molecule has 19 heavy (non-hydrogen) atoms. The standard InChI is InChI=1S/C14H21F2NO2/c1-10-4-5-11(13(16)12(10)15)14(2,18)6-7-17-8-9-19-3/h4-5,17-18H,6-9H2,1-3H3. The average Bonchev–Trinajstić information content (AvgIpc) is 2.35. The summed E-state index contributed by atoms with van der Waals surface area (Å²) in [4.78, 5) is 0. The van der Waals surface area contributed by atoms with Crippen molar-refractivity contribution in [2.45, 2.75) is 25.9 Å². The maximum absolute atomic E-state index is 13.8. The normalized spacial score (nSPS) is 14.4. The average molecular weight is 273 g/mol. The van der Waals surface area contributed by atoms with Gasteiger partial charge in [-0.1, -0.05) is 12.1 Å². The van der Waals surface area contributed by atoms with Crippen LogP contribution in [0.5, 0.6) is 0 Å². The molecule has 0 radical (unpaired) electrons. The van der Waals surface area contributed by atoms with Crippen LogP contribution in [0.4, 0.5) is 8.78 Å². The van der Waals surface area contributed by atoms with Gasteiger partial charge in [-0.2, -0.15) is 0 Å². The highest BCUT2D eigenvalue weighted by Crippen LogP contribution is 2.28. The summed E-state index contributed by atoms with van der Waals surface area (Å²) in [5.74, 6) is -1.87. The van der Waals surface area contributed by atoms with Gasteiger partial charge in [0.15, 0.2) is 11.6 Å². The Morgan fingerprint density at radius 1 is 1.26 bits per heavy atom. The highest BCUT2D eigenvalue weighted by molar-refractivity contribution is 5.29. The van der Waals surface area contributed by atoms with E-state index in [1.165, 1.54) is 26.0 Å². The molecular formula is C14H21F2NO2. The lowest BCUT2D eigenvalue weighted by Crippen LogP contribution is -2.30. The predicted octanol–water partition coefficient (Wildman–Crippen LogP) is 2.11. The molecule has 0 aliphatic heterocycles. The zero-order chi connectivity index (χ0) is 14.5. The minimum absolute atomic E-state index is 0.0101. The topological polar surface area (TPSA) is 41.5 Å². The van der Waals surface area contributed by atoms with Crippen molar-refractivity contribution in [3.63, 3.8) is 0 Å². The Balaban J connectivity index is 2.69. The van der Waals surface area contributed by atoms with Gasteiger partial charge in [0.05, 0.1) is 12.2 Å².